The second kappa shape index (κ2) is 6.82. The smallest absolute Gasteiger partial charge is 0.321 e. The molecule has 2 aromatic rings. The molecule has 0 bridgehead atoms. The lowest BCUT2D eigenvalue weighted by Gasteiger charge is -2.15. The summed E-state index contributed by atoms with van der Waals surface area (Å²) < 4.78 is 0. The van der Waals surface area contributed by atoms with Crippen molar-refractivity contribution in [1.29, 1.82) is 0 Å². The lowest BCUT2D eigenvalue weighted by Crippen LogP contribution is -2.38. The van der Waals surface area contributed by atoms with Crippen molar-refractivity contribution < 1.29 is 9.90 Å². The van der Waals surface area contributed by atoms with Gasteiger partial charge in [-0.15, -0.1) is 0 Å². The first-order chi connectivity index (χ1) is 9.66. The van der Waals surface area contributed by atoms with E-state index in [0.29, 0.717) is 13.0 Å². The lowest BCUT2D eigenvalue weighted by atomic mass is 10.1. The lowest BCUT2D eigenvalue weighted by molar-refractivity contribution is -0.139. The first kappa shape index (κ1) is 14.2. The topological polar surface area (TPSA) is 62.2 Å². The molecule has 1 aromatic carbocycles. The van der Waals surface area contributed by atoms with Gasteiger partial charge in [-0.1, -0.05) is 36.4 Å². The number of benzene rings is 1. The number of aliphatic carboxylic acids is 1. The van der Waals surface area contributed by atoms with Crippen LogP contribution in [-0.2, 0) is 17.8 Å². The molecule has 0 fully saturated rings. The summed E-state index contributed by atoms with van der Waals surface area (Å²) in [6.07, 6.45) is 2.20. The van der Waals surface area contributed by atoms with Gasteiger partial charge in [-0.3, -0.25) is 15.1 Å². The van der Waals surface area contributed by atoms with Gasteiger partial charge in [-0.05, 0) is 30.5 Å². The van der Waals surface area contributed by atoms with Crippen molar-refractivity contribution in [3.63, 3.8) is 0 Å². The molecule has 0 spiro atoms. The van der Waals surface area contributed by atoms with Gasteiger partial charge in [-0.25, -0.2) is 0 Å². The Balaban J connectivity index is 2.00. The van der Waals surface area contributed by atoms with Crippen molar-refractivity contribution in [3.8, 4) is 0 Å². The molecular weight excluding hydrogens is 252 g/mol. The first-order valence-corrected chi connectivity index (χ1v) is 6.57. The number of carbonyl (C=O) groups is 1. The highest BCUT2D eigenvalue weighted by Gasteiger charge is 2.17. The number of aromatic nitrogens is 1. The highest BCUT2D eigenvalue weighted by Crippen LogP contribution is 2.07. The van der Waals surface area contributed by atoms with Crippen LogP contribution >= 0.6 is 0 Å². The van der Waals surface area contributed by atoms with Crippen LogP contribution in [0.5, 0.6) is 0 Å². The SMILES string of the molecule is Cc1ncccc1CN[C@@H](Cc1ccccc1)C(=O)O. The standard InChI is InChI=1S/C16H18N2O2/c1-12-14(8-5-9-17-12)11-18-15(16(19)20)10-13-6-3-2-4-7-13/h2-9,15,18H,10-11H2,1H3,(H,19,20)/t15-/m0/s1. The van der Waals surface area contributed by atoms with Crippen LogP contribution in [0.25, 0.3) is 0 Å². The second-order valence-electron chi connectivity index (χ2n) is 4.71. The molecule has 0 saturated carbocycles. The number of rotatable bonds is 6. The summed E-state index contributed by atoms with van der Waals surface area (Å²) in [5.74, 6) is -0.838. The third-order valence-corrected chi connectivity index (χ3v) is 3.24. The van der Waals surface area contributed by atoms with Crippen molar-refractivity contribution in [3.05, 3.63) is 65.5 Å². The summed E-state index contributed by atoms with van der Waals surface area (Å²) in [5.41, 5.74) is 2.95. The van der Waals surface area contributed by atoms with Crippen LogP contribution < -0.4 is 5.32 Å². The van der Waals surface area contributed by atoms with E-state index in [9.17, 15) is 9.90 Å². The Labute approximate surface area is 118 Å². The molecule has 0 amide bonds. The highest BCUT2D eigenvalue weighted by atomic mass is 16.4. The van der Waals surface area contributed by atoms with Gasteiger partial charge in [0.05, 0.1) is 0 Å². The average molecular weight is 270 g/mol. The van der Waals surface area contributed by atoms with E-state index in [1.807, 2.05) is 49.4 Å². The van der Waals surface area contributed by atoms with Crippen LogP contribution in [-0.4, -0.2) is 22.1 Å². The number of pyridine rings is 1. The van der Waals surface area contributed by atoms with Crippen molar-refractivity contribution >= 4 is 5.97 Å². The van der Waals surface area contributed by atoms with Gasteiger partial charge in [-0.2, -0.15) is 0 Å². The summed E-state index contributed by atoms with van der Waals surface area (Å²) in [6, 6.07) is 12.8. The molecule has 0 aliphatic rings. The van der Waals surface area contributed by atoms with E-state index in [-0.39, 0.29) is 0 Å². The normalized spacial score (nSPS) is 12.1. The van der Waals surface area contributed by atoms with Gasteiger partial charge in [0.25, 0.3) is 0 Å². The zero-order valence-electron chi connectivity index (χ0n) is 11.4. The minimum absolute atomic E-state index is 0.468. The van der Waals surface area contributed by atoms with Crippen LogP contribution in [0.4, 0.5) is 0 Å². The molecule has 0 radical (unpaired) electrons. The van der Waals surface area contributed by atoms with E-state index in [1.54, 1.807) is 6.20 Å². The molecule has 1 heterocycles. The number of aryl methyl sites for hydroxylation is 1. The number of carboxylic acid groups (broad SMARTS) is 1. The average Bonchev–Trinajstić information content (AvgIpc) is 2.46. The Morgan fingerprint density at radius 1 is 1.25 bits per heavy atom. The van der Waals surface area contributed by atoms with Gasteiger partial charge < -0.3 is 5.11 Å². The minimum Gasteiger partial charge on any atom is -0.480 e. The third kappa shape index (κ3) is 3.90. The predicted octanol–water partition coefficient (Wildman–Crippen LogP) is 2.18. The molecule has 20 heavy (non-hydrogen) atoms. The fraction of sp³-hybridized carbons (Fsp3) is 0.250. The molecule has 0 saturated heterocycles. The minimum atomic E-state index is -0.838. The van der Waals surface area contributed by atoms with E-state index in [1.165, 1.54) is 0 Å². The zero-order chi connectivity index (χ0) is 14.4. The fourth-order valence-electron chi connectivity index (χ4n) is 2.03. The van der Waals surface area contributed by atoms with Crippen molar-refractivity contribution in [2.45, 2.75) is 25.9 Å². The van der Waals surface area contributed by atoms with Gasteiger partial charge in [0.1, 0.15) is 6.04 Å². The maximum Gasteiger partial charge on any atom is 0.321 e. The second-order valence-corrected chi connectivity index (χ2v) is 4.71. The van der Waals surface area contributed by atoms with Gasteiger partial charge in [0, 0.05) is 18.4 Å². The largest absolute Gasteiger partial charge is 0.480 e. The van der Waals surface area contributed by atoms with Crippen LogP contribution in [0.1, 0.15) is 16.8 Å². The van der Waals surface area contributed by atoms with E-state index >= 15 is 0 Å². The van der Waals surface area contributed by atoms with Crippen LogP contribution in [0.2, 0.25) is 0 Å². The van der Waals surface area contributed by atoms with Gasteiger partial charge in [0.15, 0.2) is 0 Å². The molecular formula is C16H18N2O2. The van der Waals surface area contributed by atoms with E-state index < -0.39 is 12.0 Å². The van der Waals surface area contributed by atoms with Crippen molar-refractivity contribution in [2.24, 2.45) is 0 Å². The molecule has 4 nitrogen and oxygen atoms in total. The molecule has 0 aliphatic heterocycles. The van der Waals surface area contributed by atoms with Crippen LogP contribution in [0, 0.1) is 6.92 Å². The number of carboxylic acids is 1. The van der Waals surface area contributed by atoms with Crippen LogP contribution in [0.15, 0.2) is 48.7 Å². The quantitative estimate of drug-likeness (QED) is 0.844. The Morgan fingerprint density at radius 3 is 2.65 bits per heavy atom. The van der Waals surface area contributed by atoms with Crippen LogP contribution in [0.3, 0.4) is 0 Å². The Bertz CT molecular complexity index is 570. The number of nitrogens with zero attached hydrogens (tertiary/aromatic N) is 1. The molecule has 1 aromatic heterocycles. The van der Waals surface area contributed by atoms with E-state index in [0.717, 1.165) is 16.8 Å². The molecule has 0 aliphatic carbocycles. The van der Waals surface area contributed by atoms with E-state index in [4.69, 9.17) is 0 Å². The Kier molecular flexibility index (Phi) is 4.85. The monoisotopic (exact) mass is 270 g/mol. The van der Waals surface area contributed by atoms with Gasteiger partial charge in [0.2, 0.25) is 0 Å². The molecule has 0 unspecified atom stereocenters. The summed E-state index contributed by atoms with van der Waals surface area (Å²) >= 11 is 0. The molecule has 4 heteroatoms. The number of hydrogen-bond donors (Lipinski definition) is 2. The maximum atomic E-state index is 11.3. The molecule has 2 N–H and O–H groups in total. The van der Waals surface area contributed by atoms with Gasteiger partial charge >= 0.3 is 5.97 Å². The summed E-state index contributed by atoms with van der Waals surface area (Å²) in [6.45, 7) is 2.42. The number of nitrogens with one attached hydrogen (secondary N) is 1. The summed E-state index contributed by atoms with van der Waals surface area (Å²) in [5, 5.41) is 12.4. The predicted molar refractivity (Wildman–Crippen MR) is 77.4 cm³/mol. The fourth-order valence-corrected chi connectivity index (χ4v) is 2.03. The summed E-state index contributed by atoms with van der Waals surface area (Å²) in [7, 11) is 0. The first-order valence-electron chi connectivity index (χ1n) is 6.57. The molecule has 1 atom stereocenters. The van der Waals surface area contributed by atoms with Crippen molar-refractivity contribution in [2.75, 3.05) is 0 Å². The highest BCUT2D eigenvalue weighted by molar-refractivity contribution is 5.73. The summed E-state index contributed by atoms with van der Waals surface area (Å²) in [4.78, 5) is 15.5. The van der Waals surface area contributed by atoms with Crippen molar-refractivity contribution in [1.82, 2.24) is 10.3 Å². The van der Waals surface area contributed by atoms with E-state index in [2.05, 4.69) is 10.3 Å². The maximum absolute atomic E-state index is 11.3. The number of hydrogen-bond acceptors (Lipinski definition) is 3. The Hall–Kier alpha value is -2.20. The zero-order valence-corrected chi connectivity index (χ0v) is 11.4. The molecule has 2 rings (SSSR count). The third-order valence-electron chi connectivity index (χ3n) is 3.24. The molecule has 104 valence electrons. The Morgan fingerprint density at radius 2 is 2.00 bits per heavy atom.